The Bertz CT molecular complexity index is 259. The van der Waals surface area contributed by atoms with Crippen LogP contribution >= 0.6 is 58.0 Å². The van der Waals surface area contributed by atoms with Gasteiger partial charge >= 0.3 is 0 Å². The van der Waals surface area contributed by atoms with E-state index in [-0.39, 0.29) is 26.9 Å². The van der Waals surface area contributed by atoms with Crippen LogP contribution in [0, 0.1) is 11.8 Å². The van der Waals surface area contributed by atoms with E-state index < -0.39 is 0 Å². The summed E-state index contributed by atoms with van der Waals surface area (Å²) in [6.07, 6.45) is 4.76. The first-order valence-electron chi connectivity index (χ1n) is 6.19. The zero-order valence-electron chi connectivity index (χ0n) is 9.47. The molecule has 2 fully saturated rings. The third-order valence-corrected chi connectivity index (χ3v) is 6.87. The fourth-order valence-electron chi connectivity index (χ4n) is 3.08. The van der Waals surface area contributed by atoms with Gasteiger partial charge in [-0.15, -0.1) is 58.0 Å². The second kappa shape index (κ2) is 6.27. The van der Waals surface area contributed by atoms with E-state index in [9.17, 15) is 0 Å². The lowest BCUT2D eigenvalue weighted by Crippen LogP contribution is -2.41. The highest BCUT2D eigenvalue weighted by molar-refractivity contribution is 6.31. The number of halogens is 5. The highest BCUT2D eigenvalue weighted by Crippen LogP contribution is 2.45. The fourth-order valence-corrected chi connectivity index (χ4v) is 4.86. The van der Waals surface area contributed by atoms with Gasteiger partial charge in [-0.1, -0.05) is 0 Å². The van der Waals surface area contributed by atoms with E-state index >= 15 is 0 Å². The van der Waals surface area contributed by atoms with Gasteiger partial charge in [0.15, 0.2) is 0 Å². The summed E-state index contributed by atoms with van der Waals surface area (Å²) in [6.45, 7) is 0. The van der Waals surface area contributed by atoms with Crippen molar-refractivity contribution >= 4 is 58.0 Å². The van der Waals surface area contributed by atoms with Gasteiger partial charge in [0.1, 0.15) is 0 Å². The van der Waals surface area contributed by atoms with Gasteiger partial charge in [0, 0.05) is 10.8 Å². The molecule has 0 bridgehead atoms. The maximum atomic E-state index is 6.44. The normalized spacial score (nSPS) is 52.4. The summed E-state index contributed by atoms with van der Waals surface area (Å²) in [5.74, 6) is 1.000. The smallest absolute Gasteiger partial charge is 0.0514 e. The Balaban J connectivity index is 1.97. The third-order valence-electron chi connectivity index (χ3n) is 4.14. The predicted molar refractivity (Wildman–Crippen MR) is 78.3 cm³/mol. The highest BCUT2D eigenvalue weighted by Gasteiger charge is 2.41. The lowest BCUT2D eigenvalue weighted by molar-refractivity contribution is 0.207. The molecular weight excluding hydrogens is 321 g/mol. The summed E-state index contributed by atoms with van der Waals surface area (Å²) in [7, 11) is 0. The van der Waals surface area contributed by atoms with Crippen molar-refractivity contribution in [2.24, 2.45) is 11.8 Å². The Kier molecular flexibility index (Phi) is 5.47. The molecule has 0 spiro atoms. The van der Waals surface area contributed by atoms with Gasteiger partial charge in [0.25, 0.3) is 0 Å². The van der Waals surface area contributed by atoms with Crippen molar-refractivity contribution in [2.45, 2.75) is 59.0 Å². The average Bonchev–Trinajstić information content (AvgIpc) is 2.27. The highest BCUT2D eigenvalue weighted by atomic mass is 35.5. The molecule has 7 unspecified atom stereocenters. The van der Waals surface area contributed by atoms with Crippen molar-refractivity contribution in [2.75, 3.05) is 0 Å². The van der Waals surface area contributed by atoms with Gasteiger partial charge in [-0.25, -0.2) is 0 Å². The maximum absolute atomic E-state index is 6.44. The number of rotatable bonds is 1. The maximum Gasteiger partial charge on any atom is 0.0514 e. The molecule has 100 valence electrons. The molecule has 2 saturated carbocycles. The quantitative estimate of drug-likeness (QED) is 0.574. The van der Waals surface area contributed by atoms with Crippen LogP contribution < -0.4 is 0 Å². The molecule has 0 heterocycles. The van der Waals surface area contributed by atoms with Crippen LogP contribution in [-0.2, 0) is 0 Å². The lowest BCUT2D eigenvalue weighted by Gasteiger charge is -2.41. The van der Waals surface area contributed by atoms with Gasteiger partial charge < -0.3 is 0 Å². The Morgan fingerprint density at radius 2 is 1.12 bits per heavy atom. The van der Waals surface area contributed by atoms with Crippen molar-refractivity contribution in [3.05, 3.63) is 0 Å². The molecule has 0 aromatic heterocycles. The van der Waals surface area contributed by atoms with Crippen LogP contribution in [0.1, 0.15) is 32.1 Å². The Hall–Kier alpha value is 1.45. The van der Waals surface area contributed by atoms with Crippen molar-refractivity contribution in [3.8, 4) is 0 Å². The topological polar surface area (TPSA) is 0 Å². The minimum absolute atomic E-state index is 0.00609. The number of hydrogen-bond acceptors (Lipinski definition) is 0. The molecule has 2 aliphatic carbocycles. The van der Waals surface area contributed by atoms with Crippen LogP contribution in [0.4, 0.5) is 0 Å². The van der Waals surface area contributed by atoms with E-state index in [1.54, 1.807) is 0 Å². The zero-order chi connectivity index (χ0) is 12.6. The third kappa shape index (κ3) is 3.51. The van der Waals surface area contributed by atoms with Gasteiger partial charge in [-0.2, -0.15) is 0 Å². The minimum Gasteiger partial charge on any atom is -0.123 e. The first-order valence-corrected chi connectivity index (χ1v) is 8.37. The van der Waals surface area contributed by atoms with Gasteiger partial charge in [-0.3, -0.25) is 0 Å². The SMILES string of the molecule is ClC1CCC(C2CC(Cl)C(Cl)CC2Cl)CC1Cl. The molecule has 17 heavy (non-hydrogen) atoms. The average molecular weight is 339 g/mol. The van der Waals surface area contributed by atoms with Crippen LogP contribution in [0.25, 0.3) is 0 Å². The Morgan fingerprint density at radius 1 is 0.529 bits per heavy atom. The van der Waals surface area contributed by atoms with Crippen LogP contribution in [-0.4, -0.2) is 26.9 Å². The molecule has 7 atom stereocenters. The molecule has 0 aromatic rings. The summed E-state index contributed by atoms with van der Waals surface area (Å²) in [6, 6.07) is 0. The van der Waals surface area contributed by atoms with Crippen molar-refractivity contribution < 1.29 is 0 Å². The van der Waals surface area contributed by atoms with E-state index in [1.165, 1.54) is 0 Å². The number of alkyl halides is 5. The van der Waals surface area contributed by atoms with Gasteiger partial charge in [0.2, 0.25) is 0 Å². The fraction of sp³-hybridized carbons (Fsp3) is 1.00. The molecule has 5 heteroatoms. The van der Waals surface area contributed by atoms with E-state index in [0.29, 0.717) is 11.8 Å². The molecule has 2 aliphatic rings. The van der Waals surface area contributed by atoms with E-state index in [0.717, 1.165) is 32.1 Å². The second-order valence-corrected chi connectivity index (χ2v) is 8.09. The summed E-state index contributed by atoms with van der Waals surface area (Å²) in [5, 5.41) is 0.360. The van der Waals surface area contributed by atoms with Crippen molar-refractivity contribution in [3.63, 3.8) is 0 Å². The second-order valence-electron chi connectivity index (χ2n) is 5.29. The summed E-state index contributed by atoms with van der Waals surface area (Å²) in [5.41, 5.74) is 0. The lowest BCUT2D eigenvalue weighted by atomic mass is 9.72. The zero-order valence-corrected chi connectivity index (χ0v) is 13.2. The van der Waals surface area contributed by atoms with E-state index in [2.05, 4.69) is 0 Å². The van der Waals surface area contributed by atoms with E-state index in [1.807, 2.05) is 0 Å². The monoisotopic (exact) mass is 336 g/mol. The molecular formula is C12H17Cl5. The van der Waals surface area contributed by atoms with Crippen LogP contribution in [0.3, 0.4) is 0 Å². The minimum atomic E-state index is 0.00609. The summed E-state index contributed by atoms with van der Waals surface area (Å²) >= 11 is 31.3. The van der Waals surface area contributed by atoms with Crippen LogP contribution in [0.2, 0.25) is 0 Å². The van der Waals surface area contributed by atoms with Gasteiger partial charge in [-0.05, 0) is 43.9 Å². The van der Waals surface area contributed by atoms with Crippen LogP contribution in [0.15, 0.2) is 0 Å². The summed E-state index contributed by atoms with van der Waals surface area (Å²) < 4.78 is 0. The molecule has 0 aliphatic heterocycles. The standard InChI is InChI=1S/C12H17Cl5/c13-8-2-1-6(3-10(8)15)7-4-11(16)12(17)5-9(7)14/h6-12H,1-5H2. The molecule has 0 aromatic carbocycles. The Labute approximate surface area is 128 Å². The van der Waals surface area contributed by atoms with Gasteiger partial charge in [0.05, 0.1) is 16.1 Å². The molecule has 0 saturated heterocycles. The van der Waals surface area contributed by atoms with E-state index in [4.69, 9.17) is 58.0 Å². The Morgan fingerprint density at radius 3 is 1.76 bits per heavy atom. The molecule has 0 nitrogen and oxygen atoms in total. The predicted octanol–water partition coefficient (Wildman–Crippen LogP) is 5.23. The molecule has 2 rings (SSSR count). The van der Waals surface area contributed by atoms with Crippen LogP contribution in [0.5, 0.6) is 0 Å². The molecule has 0 radical (unpaired) electrons. The summed E-state index contributed by atoms with van der Waals surface area (Å²) in [4.78, 5) is 0. The largest absolute Gasteiger partial charge is 0.123 e. The molecule has 0 amide bonds. The first kappa shape index (κ1) is 14.9. The first-order chi connectivity index (χ1) is 7.99. The molecule has 0 N–H and O–H groups in total. The number of hydrogen-bond donors (Lipinski definition) is 0. The van der Waals surface area contributed by atoms with Crippen molar-refractivity contribution in [1.82, 2.24) is 0 Å². The van der Waals surface area contributed by atoms with Crippen molar-refractivity contribution in [1.29, 1.82) is 0 Å².